The van der Waals surface area contributed by atoms with E-state index in [4.69, 9.17) is 16.9 Å². The predicted molar refractivity (Wildman–Crippen MR) is 297 cm³/mol. The van der Waals surface area contributed by atoms with Gasteiger partial charge in [0.15, 0.2) is 5.96 Å². The first-order valence-electron chi connectivity index (χ1n) is 27.6. The van der Waals surface area contributed by atoms with Crippen molar-refractivity contribution in [1.82, 2.24) is 73.2 Å². The molecule has 36 nitrogen and oxygen atoms in total. The zero-order valence-corrected chi connectivity index (χ0v) is 47.7. The molecule has 3 saturated heterocycles. The van der Waals surface area contributed by atoms with E-state index in [1.807, 2.05) is 0 Å². The minimum Gasteiger partial charge on any atom is -0.480 e. The first-order valence-corrected chi connectivity index (χ1v) is 27.6. The van der Waals surface area contributed by atoms with Crippen molar-refractivity contribution in [2.24, 2.45) is 11.5 Å². The quantitative estimate of drug-likeness (QED) is 0.0186. The highest BCUT2D eigenvalue weighted by molar-refractivity contribution is 5.98. The second kappa shape index (κ2) is 34.1. The molecule has 3 aliphatic heterocycles. The summed E-state index contributed by atoms with van der Waals surface area (Å²) >= 11 is 0. The summed E-state index contributed by atoms with van der Waals surface area (Å²) < 4.78 is 0. The van der Waals surface area contributed by atoms with E-state index in [9.17, 15) is 92.7 Å². The number of hydrogen-bond donors (Lipinski definition) is 19. The monoisotopic (exact) mass is 1230 g/mol. The molecule has 1 aromatic rings. The van der Waals surface area contributed by atoms with Gasteiger partial charge in [0.25, 0.3) is 0 Å². The SMILES string of the molecule is C[C@H](NC(=O)CNC(=O)[C@@H]1C[C@@H](O)CN1C(=O)CNC(=O)CNC(=O)[C@@H]1C[C@@H](O)CN1C(=O)[C@H](CO)NC(=O)CN)C(=O)N[C@@H](C)C(=O)NCC(=O)N[C@@H](Cc1ccccc1)C(=O)N1C[C@H](O)C[C@H]1C(=O)NCC(=O)N[C@@H](CCCNC(=N)N)C(=O)O. The Morgan fingerprint density at radius 1 is 0.552 bits per heavy atom. The zero-order valence-electron chi connectivity index (χ0n) is 47.7. The number of β-amino-alcohol motifs (C(OH)–C–C–N with tert-alkyl or cyclic N) is 3. The number of carboxylic acid groups (broad SMARTS) is 1. The number of aliphatic carboxylic acids is 1. The summed E-state index contributed by atoms with van der Waals surface area (Å²) in [7, 11) is 0. The summed E-state index contributed by atoms with van der Waals surface area (Å²) in [6, 6.07) is -2.35. The van der Waals surface area contributed by atoms with Gasteiger partial charge >= 0.3 is 5.97 Å². The van der Waals surface area contributed by atoms with Crippen molar-refractivity contribution in [3.05, 3.63) is 35.9 Å². The van der Waals surface area contributed by atoms with Crippen LogP contribution < -0.4 is 70.0 Å². The van der Waals surface area contributed by atoms with E-state index >= 15 is 0 Å². The van der Waals surface area contributed by atoms with Gasteiger partial charge in [-0.2, -0.15) is 0 Å². The lowest BCUT2D eigenvalue weighted by atomic mass is 10.0. The number of carbonyl (C=O) groups is 14. The molecule has 21 N–H and O–H groups in total. The number of hydrogen-bond acceptors (Lipinski definition) is 20. The van der Waals surface area contributed by atoms with Crippen molar-refractivity contribution >= 4 is 88.7 Å². The highest BCUT2D eigenvalue weighted by atomic mass is 16.4. The Balaban J connectivity index is 1.22. The molecule has 0 spiro atoms. The van der Waals surface area contributed by atoms with Crippen LogP contribution in [0.15, 0.2) is 30.3 Å². The zero-order chi connectivity index (χ0) is 64.7. The first-order chi connectivity index (χ1) is 41.1. The third-order valence-electron chi connectivity index (χ3n) is 13.8. The fourth-order valence-electron chi connectivity index (χ4n) is 9.39. The average molecular weight is 1230 g/mol. The highest BCUT2D eigenvalue weighted by Crippen LogP contribution is 2.22. The van der Waals surface area contributed by atoms with Gasteiger partial charge in [-0.05, 0) is 32.3 Å². The minimum absolute atomic E-state index is 0.0358. The Morgan fingerprint density at radius 2 is 1.00 bits per heavy atom. The molecule has 0 unspecified atom stereocenters. The molecule has 0 saturated carbocycles. The van der Waals surface area contributed by atoms with Gasteiger partial charge in [0, 0.05) is 51.9 Å². The van der Waals surface area contributed by atoms with Gasteiger partial charge in [0.05, 0.1) is 64.2 Å². The first kappa shape index (κ1) is 70.4. The molecule has 0 radical (unpaired) electrons. The molecular weight excluding hydrogens is 1150 g/mol. The number of nitrogens with one attached hydrogen (secondary N) is 12. The summed E-state index contributed by atoms with van der Waals surface area (Å²) in [5.41, 5.74) is 11.0. The van der Waals surface area contributed by atoms with Gasteiger partial charge in [-0.3, -0.25) is 67.7 Å². The normalized spacial score (nSPS) is 20.4. The Bertz CT molecular complexity index is 2710. The van der Waals surface area contributed by atoms with E-state index < -0.39 is 195 Å². The summed E-state index contributed by atoms with van der Waals surface area (Å²) in [5.74, 6) is -12.9. The van der Waals surface area contributed by atoms with Crippen molar-refractivity contribution in [2.75, 3.05) is 72.1 Å². The molecule has 3 heterocycles. The Labute approximate surface area is 497 Å². The molecule has 13 amide bonds. The number of rotatable bonds is 31. The molecule has 0 aromatic heterocycles. The van der Waals surface area contributed by atoms with Gasteiger partial charge in [-0.1, -0.05) is 30.3 Å². The van der Waals surface area contributed by atoms with Crippen LogP contribution in [0.1, 0.15) is 51.5 Å². The topological polar surface area (TPSA) is 558 Å². The number of guanidine groups is 1. The Hall–Kier alpha value is -9.13. The molecule has 3 fully saturated rings. The fraction of sp³-hybridized carbons (Fsp3) is 0.588. The number of nitrogens with zero attached hydrogens (tertiary/aromatic N) is 3. The largest absolute Gasteiger partial charge is 0.480 e. The molecule has 87 heavy (non-hydrogen) atoms. The third kappa shape index (κ3) is 22.3. The maximum atomic E-state index is 14.1. The molecule has 480 valence electrons. The summed E-state index contributed by atoms with van der Waals surface area (Å²) in [4.78, 5) is 184. The minimum atomic E-state index is -1.46. The van der Waals surface area contributed by atoms with Gasteiger partial charge in [0.1, 0.15) is 48.3 Å². The van der Waals surface area contributed by atoms with E-state index in [1.54, 1.807) is 30.3 Å². The Morgan fingerprint density at radius 3 is 1.51 bits per heavy atom. The average Bonchev–Trinajstić information content (AvgIpc) is 2.60. The lowest BCUT2D eigenvalue weighted by molar-refractivity contribution is -0.142. The van der Waals surface area contributed by atoms with Crippen molar-refractivity contribution in [3.63, 3.8) is 0 Å². The molecular formula is C51H77N17O19. The molecule has 4 rings (SSSR count). The number of amides is 13. The maximum absolute atomic E-state index is 14.1. The lowest BCUT2D eigenvalue weighted by Gasteiger charge is -2.29. The second-order valence-electron chi connectivity index (χ2n) is 20.7. The third-order valence-corrected chi connectivity index (χ3v) is 13.8. The van der Waals surface area contributed by atoms with E-state index in [0.29, 0.717) is 5.56 Å². The maximum Gasteiger partial charge on any atom is 0.326 e. The van der Waals surface area contributed by atoms with Crippen molar-refractivity contribution in [2.45, 2.75) is 119 Å². The van der Waals surface area contributed by atoms with E-state index in [0.717, 1.165) is 14.7 Å². The van der Waals surface area contributed by atoms with Crippen LogP contribution in [0.25, 0.3) is 0 Å². The van der Waals surface area contributed by atoms with Crippen LogP contribution in [0.5, 0.6) is 0 Å². The number of benzene rings is 1. The molecule has 11 atom stereocenters. The van der Waals surface area contributed by atoms with Crippen molar-refractivity contribution in [3.8, 4) is 0 Å². The van der Waals surface area contributed by atoms with Crippen LogP contribution in [0, 0.1) is 5.41 Å². The summed E-state index contributed by atoms with van der Waals surface area (Å²) in [6.45, 7) is -3.20. The summed E-state index contributed by atoms with van der Waals surface area (Å²) in [6.07, 6.45) is -4.19. The molecule has 1 aromatic carbocycles. The standard InChI is InChI=1S/C51H77N17O19/c1-25(43(79)57-18-41(77)64-32(11-27-7-4-3-5-8-27)48(84)67-22-29(71)13-35(67)47(83)60-19-40(76)63-31(50(86)87)9-6-10-55-51(53)54)62-44(80)26(2)61-39(75)17-59-45(81)34-12-28(70)21-66(34)42(78)20-56-38(74)16-58-46(82)36-14-30(72)23-68(36)49(85)33(24-69)65-37(73)15-52/h3-5,7-8,25-26,28-36,69-72H,6,9-24,52H2,1-2H3,(H,56,74)(H,57,79)(H,58,82)(H,59,81)(H,60,83)(H,61,75)(H,62,80)(H,63,76)(H,64,77)(H,65,73)(H,86,87)(H4,53,54,55)/t25-,26-,28+,29+,30+,31-,32-,33-,34-,35-,36-/m0/s1. The fourth-order valence-corrected chi connectivity index (χ4v) is 9.39. The van der Waals surface area contributed by atoms with Crippen LogP contribution in [-0.2, 0) is 73.5 Å². The Kier molecular flexibility index (Phi) is 27.6. The van der Waals surface area contributed by atoms with Gasteiger partial charge in [-0.15, -0.1) is 0 Å². The van der Waals surface area contributed by atoms with Crippen LogP contribution in [-0.4, -0.2) is 268 Å². The van der Waals surface area contributed by atoms with E-state index in [1.165, 1.54) is 13.8 Å². The molecule has 0 bridgehead atoms. The van der Waals surface area contributed by atoms with Crippen LogP contribution >= 0.6 is 0 Å². The van der Waals surface area contributed by atoms with Crippen LogP contribution in [0.2, 0.25) is 0 Å². The van der Waals surface area contributed by atoms with Crippen molar-refractivity contribution in [1.29, 1.82) is 5.41 Å². The molecule has 0 aliphatic carbocycles. The number of nitrogens with two attached hydrogens (primary N) is 2. The van der Waals surface area contributed by atoms with Crippen molar-refractivity contribution < 1.29 is 92.7 Å². The van der Waals surface area contributed by atoms with Gasteiger partial charge in [0.2, 0.25) is 76.8 Å². The van der Waals surface area contributed by atoms with Gasteiger partial charge < -0.3 is 110 Å². The van der Waals surface area contributed by atoms with E-state index in [2.05, 4.69) is 58.5 Å². The number of carboxylic acids is 1. The number of aliphatic hydroxyl groups excluding tert-OH is 4. The smallest absolute Gasteiger partial charge is 0.326 e. The predicted octanol–water partition coefficient (Wildman–Crippen LogP) is -11.5. The molecule has 36 heteroatoms. The number of carbonyl (C=O) groups excluding carboxylic acids is 13. The van der Waals surface area contributed by atoms with Crippen LogP contribution in [0.4, 0.5) is 0 Å². The van der Waals surface area contributed by atoms with E-state index in [-0.39, 0.29) is 70.7 Å². The highest BCUT2D eigenvalue weighted by Gasteiger charge is 2.44. The number of likely N-dealkylation sites (tertiary alicyclic amines) is 3. The number of aliphatic hydroxyl groups is 4. The van der Waals surface area contributed by atoms with Crippen LogP contribution in [0.3, 0.4) is 0 Å². The van der Waals surface area contributed by atoms with Gasteiger partial charge in [-0.25, -0.2) is 4.79 Å². The second-order valence-corrected chi connectivity index (χ2v) is 20.7. The molecule has 3 aliphatic rings. The summed E-state index contributed by atoms with van der Waals surface area (Å²) in [5, 5.41) is 83.2. The lowest BCUT2D eigenvalue weighted by Crippen LogP contribution is -2.56.